The highest BCUT2D eigenvalue weighted by Gasteiger charge is 2.12. The Labute approximate surface area is 191 Å². The molecule has 1 amide bonds. The van der Waals surface area contributed by atoms with E-state index >= 15 is 0 Å². The van der Waals surface area contributed by atoms with Crippen LogP contribution in [0, 0.1) is 13.8 Å². The van der Waals surface area contributed by atoms with Crippen LogP contribution in [0.25, 0.3) is 10.9 Å². The lowest BCUT2D eigenvalue weighted by atomic mass is 10.1. The predicted octanol–water partition coefficient (Wildman–Crippen LogP) is 6.26. The van der Waals surface area contributed by atoms with Crippen molar-refractivity contribution in [1.29, 1.82) is 0 Å². The zero-order valence-electron chi connectivity index (χ0n) is 16.8. The second kappa shape index (κ2) is 8.99. The number of halogens is 1. The van der Waals surface area contributed by atoms with E-state index in [0.717, 1.165) is 26.6 Å². The van der Waals surface area contributed by atoms with Crippen molar-refractivity contribution < 1.29 is 9.90 Å². The molecule has 2 heterocycles. The van der Waals surface area contributed by atoms with Gasteiger partial charge in [-0.1, -0.05) is 39.8 Å². The molecule has 0 saturated heterocycles. The van der Waals surface area contributed by atoms with Crippen LogP contribution in [0.1, 0.15) is 27.3 Å². The average Bonchev–Trinajstić information content (AvgIpc) is 3.04. The third kappa shape index (κ3) is 5.00. The summed E-state index contributed by atoms with van der Waals surface area (Å²) in [6.45, 7) is 3.89. The van der Waals surface area contributed by atoms with Crippen molar-refractivity contribution in [2.45, 2.75) is 24.8 Å². The molecule has 0 aliphatic heterocycles. The molecule has 31 heavy (non-hydrogen) atoms. The second-order valence-corrected chi connectivity index (χ2v) is 8.79. The third-order valence-electron chi connectivity index (χ3n) is 4.49. The number of carbonyl (C=O) groups excluding carboxylic acids is 1. The van der Waals surface area contributed by atoms with Crippen LogP contribution < -0.4 is 0 Å². The molecule has 0 atom stereocenters. The van der Waals surface area contributed by atoms with Crippen LogP contribution in [0.15, 0.2) is 68.4 Å². The minimum atomic E-state index is -0.486. The number of thioether (sulfide) groups is 1. The summed E-state index contributed by atoms with van der Waals surface area (Å²) in [5.41, 5.74) is 4.27. The molecule has 0 fully saturated rings. The molecule has 0 bridgehead atoms. The van der Waals surface area contributed by atoms with E-state index in [2.05, 4.69) is 41.1 Å². The van der Waals surface area contributed by atoms with Crippen molar-refractivity contribution in [2.24, 2.45) is 10.2 Å². The maximum atomic E-state index is 12.4. The van der Waals surface area contributed by atoms with Gasteiger partial charge in [0.25, 0.3) is 5.91 Å². The number of carbonyl (C=O) groups is 1. The van der Waals surface area contributed by atoms with Gasteiger partial charge in [0.1, 0.15) is 0 Å². The van der Waals surface area contributed by atoms with E-state index in [4.69, 9.17) is 0 Å². The summed E-state index contributed by atoms with van der Waals surface area (Å²) in [5.74, 6) is 0.0722. The summed E-state index contributed by atoms with van der Waals surface area (Å²) in [4.78, 5) is 24.1. The van der Waals surface area contributed by atoms with E-state index in [1.54, 1.807) is 36.0 Å². The first-order chi connectivity index (χ1) is 14.9. The quantitative estimate of drug-likeness (QED) is 0.193. The molecule has 9 heteroatoms. The molecule has 2 aromatic carbocycles. The number of amides is 1. The molecule has 0 aliphatic carbocycles. The predicted molar refractivity (Wildman–Crippen MR) is 124 cm³/mol. The van der Waals surface area contributed by atoms with Crippen molar-refractivity contribution in [2.75, 3.05) is 0 Å². The monoisotopic (exact) mass is 495 g/mol. The number of nitrogens with zero attached hydrogens (tertiary/aromatic N) is 4. The third-order valence-corrected chi connectivity index (χ3v) is 5.90. The van der Waals surface area contributed by atoms with Gasteiger partial charge >= 0.3 is 0 Å². The number of aromatic nitrogens is 3. The van der Waals surface area contributed by atoms with E-state index in [0.29, 0.717) is 22.2 Å². The van der Waals surface area contributed by atoms with E-state index in [9.17, 15) is 9.90 Å². The number of azo groups is 1. The van der Waals surface area contributed by atoms with Crippen molar-refractivity contribution in [3.63, 3.8) is 0 Å². The van der Waals surface area contributed by atoms with Gasteiger partial charge in [-0.2, -0.15) is 0 Å². The summed E-state index contributed by atoms with van der Waals surface area (Å²) in [6, 6.07) is 14.6. The molecule has 0 unspecified atom stereocenters. The fraction of sp³-hybridized carbons (Fsp3) is 0.136. The molecule has 0 radical (unpaired) electrons. The van der Waals surface area contributed by atoms with Gasteiger partial charge in [0, 0.05) is 32.6 Å². The van der Waals surface area contributed by atoms with Crippen LogP contribution in [-0.2, 0) is 5.75 Å². The molecule has 2 N–H and O–H groups in total. The van der Waals surface area contributed by atoms with Crippen molar-refractivity contribution in [3.8, 4) is 5.88 Å². The lowest BCUT2D eigenvalue weighted by Gasteiger charge is -2.04. The smallest absolute Gasteiger partial charge is 0.295 e. The highest BCUT2D eigenvalue weighted by Crippen LogP contribution is 2.36. The SMILES string of the molecule is Cc1cc(C)nc(SCc2ccc(C(=O)N=Nc3c(O)[nH]c4ccc(Br)cc34)cc2)n1. The molecular weight excluding hydrogens is 478 g/mol. The first kappa shape index (κ1) is 21.2. The molecule has 2 aromatic heterocycles. The fourth-order valence-electron chi connectivity index (χ4n) is 3.04. The Morgan fingerprint density at radius 1 is 1.10 bits per heavy atom. The largest absolute Gasteiger partial charge is 0.493 e. The van der Waals surface area contributed by atoms with Crippen LogP contribution in [0.5, 0.6) is 5.88 Å². The van der Waals surface area contributed by atoms with Gasteiger partial charge in [-0.15, -0.1) is 10.2 Å². The standard InChI is InChI=1S/C22H18BrN5O2S/c1-12-9-13(2)25-22(24-12)31-11-14-3-5-15(6-4-14)20(29)28-27-19-17-10-16(23)7-8-18(17)26-21(19)30/h3-10,26,30H,11H2,1-2H3. The molecular formula is C22H18BrN5O2S. The number of rotatable bonds is 5. The average molecular weight is 496 g/mol. The zero-order valence-corrected chi connectivity index (χ0v) is 19.2. The van der Waals surface area contributed by atoms with Gasteiger partial charge in [0.2, 0.25) is 5.88 Å². The number of nitrogens with one attached hydrogen (secondary N) is 1. The molecule has 0 saturated carbocycles. The van der Waals surface area contributed by atoms with Crippen LogP contribution >= 0.6 is 27.7 Å². The minimum absolute atomic E-state index is 0.134. The molecule has 7 nitrogen and oxygen atoms in total. The van der Waals surface area contributed by atoms with E-state index < -0.39 is 5.91 Å². The number of benzene rings is 2. The number of hydrogen-bond donors (Lipinski definition) is 2. The molecule has 4 aromatic rings. The van der Waals surface area contributed by atoms with Crippen LogP contribution in [0.3, 0.4) is 0 Å². The number of fused-ring (bicyclic) bond motifs is 1. The Bertz CT molecular complexity index is 1280. The highest BCUT2D eigenvalue weighted by atomic mass is 79.9. The topological polar surface area (TPSA) is 104 Å². The van der Waals surface area contributed by atoms with E-state index in [1.807, 2.05) is 38.1 Å². The van der Waals surface area contributed by atoms with Crippen molar-refractivity contribution >= 4 is 50.2 Å². The highest BCUT2D eigenvalue weighted by molar-refractivity contribution is 9.10. The Kier molecular flexibility index (Phi) is 6.15. The van der Waals surface area contributed by atoms with E-state index in [-0.39, 0.29) is 11.6 Å². The van der Waals surface area contributed by atoms with Gasteiger partial charge in [0.05, 0.1) is 5.52 Å². The van der Waals surface area contributed by atoms with Gasteiger partial charge in [-0.3, -0.25) is 4.79 Å². The first-order valence-corrected chi connectivity index (χ1v) is 11.2. The first-order valence-electron chi connectivity index (χ1n) is 9.39. The lowest BCUT2D eigenvalue weighted by molar-refractivity contribution is 0.0995. The summed E-state index contributed by atoms with van der Waals surface area (Å²) < 4.78 is 0.835. The number of aromatic hydroxyl groups is 1. The lowest BCUT2D eigenvalue weighted by Crippen LogP contribution is -1.95. The number of H-pyrrole nitrogens is 1. The minimum Gasteiger partial charge on any atom is -0.493 e. The molecule has 4 rings (SSSR count). The Morgan fingerprint density at radius 2 is 1.81 bits per heavy atom. The second-order valence-electron chi connectivity index (χ2n) is 6.94. The fourth-order valence-corrected chi connectivity index (χ4v) is 4.31. The van der Waals surface area contributed by atoms with Crippen molar-refractivity contribution in [1.82, 2.24) is 15.0 Å². The molecule has 0 spiro atoms. The Morgan fingerprint density at radius 3 is 2.52 bits per heavy atom. The van der Waals surface area contributed by atoms with Crippen molar-refractivity contribution in [3.05, 3.63) is 75.5 Å². The summed E-state index contributed by atoms with van der Waals surface area (Å²) >= 11 is 4.93. The van der Waals surface area contributed by atoms with Gasteiger partial charge in [-0.05, 0) is 55.8 Å². The molecule has 0 aliphatic rings. The summed E-state index contributed by atoms with van der Waals surface area (Å²) in [5, 5.41) is 19.3. The van der Waals surface area contributed by atoms with Gasteiger partial charge < -0.3 is 10.1 Å². The van der Waals surface area contributed by atoms with Crippen LogP contribution in [0.2, 0.25) is 0 Å². The number of aryl methyl sites for hydroxylation is 2. The zero-order chi connectivity index (χ0) is 22.0. The Hall–Kier alpha value is -3.04. The maximum absolute atomic E-state index is 12.4. The summed E-state index contributed by atoms with van der Waals surface area (Å²) in [7, 11) is 0. The maximum Gasteiger partial charge on any atom is 0.295 e. The number of aromatic amines is 1. The van der Waals surface area contributed by atoms with E-state index in [1.165, 1.54) is 0 Å². The van der Waals surface area contributed by atoms with Gasteiger partial charge in [-0.25, -0.2) is 9.97 Å². The van der Waals surface area contributed by atoms with Gasteiger partial charge in [0.15, 0.2) is 10.8 Å². The summed E-state index contributed by atoms with van der Waals surface area (Å²) in [6.07, 6.45) is 0. The normalized spacial score (nSPS) is 11.5. The van der Waals surface area contributed by atoms with Crippen LogP contribution in [-0.4, -0.2) is 26.0 Å². The number of hydrogen-bond acceptors (Lipinski definition) is 6. The Balaban J connectivity index is 1.45. The molecule has 156 valence electrons. The van der Waals surface area contributed by atoms with Crippen LogP contribution in [0.4, 0.5) is 5.69 Å².